The molecule has 4 rings (SSSR count). The predicted octanol–water partition coefficient (Wildman–Crippen LogP) is 2.09. The molecule has 4 amide bonds. The maximum absolute atomic E-state index is 13.0. The van der Waals surface area contributed by atoms with Gasteiger partial charge in [0.1, 0.15) is 5.57 Å². The van der Waals surface area contributed by atoms with Crippen molar-refractivity contribution in [1.29, 1.82) is 0 Å². The molecular formula is C21H16N2O6. The van der Waals surface area contributed by atoms with Crippen LogP contribution in [0.3, 0.4) is 0 Å². The molecule has 0 radical (unpaired) electrons. The normalized spacial score (nSPS) is 15.4. The summed E-state index contributed by atoms with van der Waals surface area (Å²) in [4.78, 5) is 38.6. The van der Waals surface area contributed by atoms with Crippen LogP contribution in [0.25, 0.3) is 16.8 Å². The van der Waals surface area contributed by atoms with Crippen molar-refractivity contribution in [2.24, 2.45) is 0 Å². The maximum atomic E-state index is 13.0. The first-order valence-electron chi connectivity index (χ1n) is 8.37. The minimum absolute atomic E-state index is 0. The van der Waals surface area contributed by atoms with Crippen molar-refractivity contribution in [3.05, 3.63) is 71.8 Å². The van der Waals surface area contributed by atoms with E-state index >= 15 is 0 Å². The topological polar surface area (TPSA) is 138 Å². The Morgan fingerprint density at radius 3 is 2.34 bits per heavy atom. The second kappa shape index (κ2) is 7.45. The van der Waals surface area contributed by atoms with E-state index in [2.05, 4.69) is 5.32 Å². The third-order valence-corrected chi connectivity index (χ3v) is 4.42. The van der Waals surface area contributed by atoms with Crippen molar-refractivity contribution in [2.75, 3.05) is 4.90 Å². The Morgan fingerprint density at radius 1 is 0.862 bits per heavy atom. The summed E-state index contributed by atoms with van der Waals surface area (Å²) >= 11 is 0. The number of carbonyl (C=O) groups excluding carboxylic acids is 3. The van der Waals surface area contributed by atoms with Gasteiger partial charge in [0.2, 0.25) is 0 Å². The summed E-state index contributed by atoms with van der Waals surface area (Å²) in [7, 11) is 0. The van der Waals surface area contributed by atoms with Crippen LogP contribution in [0, 0.1) is 0 Å². The number of carbonyl (C=O) groups is 3. The van der Waals surface area contributed by atoms with E-state index in [-0.39, 0.29) is 22.5 Å². The van der Waals surface area contributed by atoms with E-state index < -0.39 is 17.8 Å². The minimum atomic E-state index is -0.836. The van der Waals surface area contributed by atoms with Gasteiger partial charge in [-0.25, -0.2) is 9.69 Å². The van der Waals surface area contributed by atoms with Crippen LogP contribution >= 0.6 is 0 Å². The number of phenols is 2. The molecule has 1 heterocycles. The highest BCUT2D eigenvalue weighted by Gasteiger charge is 2.37. The van der Waals surface area contributed by atoms with Gasteiger partial charge in [-0.3, -0.25) is 14.9 Å². The highest BCUT2D eigenvalue weighted by molar-refractivity contribution is 6.40. The van der Waals surface area contributed by atoms with E-state index in [9.17, 15) is 24.6 Å². The molecule has 1 fully saturated rings. The molecule has 8 nitrogen and oxygen atoms in total. The zero-order valence-corrected chi connectivity index (χ0v) is 14.9. The lowest BCUT2D eigenvalue weighted by atomic mass is 10.0. The van der Waals surface area contributed by atoms with Crippen LogP contribution in [0.2, 0.25) is 0 Å². The number of imide groups is 2. The van der Waals surface area contributed by atoms with E-state index in [1.807, 2.05) is 18.2 Å². The quantitative estimate of drug-likeness (QED) is 0.348. The first-order valence-corrected chi connectivity index (χ1v) is 8.37. The molecule has 3 aromatic rings. The molecule has 0 spiro atoms. The molecule has 0 unspecified atom stereocenters. The second-order valence-electron chi connectivity index (χ2n) is 6.20. The summed E-state index contributed by atoms with van der Waals surface area (Å²) in [5.74, 6) is -2.33. The average molecular weight is 392 g/mol. The summed E-state index contributed by atoms with van der Waals surface area (Å²) in [6.45, 7) is 0. The fourth-order valence-electron chi connectivity index (χ4n) is 3.08. The first kappa shape index (κ1) is 19.6. The van der Waals surface area contributed by atoms with Crippen LogP contribution in [-0.2, 0) is 9.59 Å². The number of rotatable bonds is 2. The zero-order valence-electron chi connectivity index (χ0n) is 14.9. The van der Waals surface area contributed by atoms with Crippen molar-refractivity contribution in [3.63, 3.8) is 0 Å². The number of barbiturate groups is 1. The maximum Gasteiger partial charge on any atom is 0.335 e. The predicted molar refractivity (Wildman–Crippen MR) is 106 cm³/mol. The minimum Gasteiger partial charge on any atom is -0.504 e. The van der Waals surface area contributed by atoms with Crippen molar-refractivity contribution < 1.29 is 30.1 Å². The molecule has 0 saturated carbocycles. The number of nitrogens with one attached hydrogen (secondary N) is 1. The fraction of sp³-hybridized carbons (Fsp3) is 0. The lowest BCUT2D eigenvalue weighted by molar-refractivity contribution is -0.122. The number of phenolic OH excluding ortho intramolecular Hbond substituents is 2. The van der Waals surface area contributed by atoms with Gasteiger partial charge < -0.3 is 15.7 Å². The molecule has 29 heavy (non-hydrogen) atoms. The van der Waals surface area contributed by atoms with Gasteiger partial charge in [-0.05, 0) is 35.2 Å². The highest BCUT2D eigenvalue weighted by Crippen LogP contribution is 2.30. The fourth-order valence-corrected chi connectivity index (χ4v) is 3.08. The summed E-state index contributed by atoms with van der Waals surface area (Å²) in [6, 6.07) is 15.5. The number of fused-ring (bicyclic) bond motifs is 1. The zero-order chi connectivity index (χ0) is 19.8. The average Bonchev–Trinajstić information content (AvgIpc) is 2.68. The number of anilines is 1. The Labute approximate surface area is 164 Å². The molecule has 1 aliphatic rings. The number of hydrogen-bond acceptors (Lipinski definition) is 5. The van der Waals surface area contributed by atoms with E-state index in [4.69, 9.17) is 0 Å². The number of hydrogen-bond donors (Lipinski definition) is 3. The Kier molecular flexibility index (Phi) is 5.03. The molecule has 0 aliphatic carbocycles. The molecule has 1 saturated heterocycles. The number of urea groups is 1. The largest absolute Gasteiger partial charge is 0.504 e. The molecule has 0 aromatic heterocycles. The standard InChI is InChI=1S/C21H14N2O5.H2O/c24-17-9-8-12(11-18(17)25)10-15-19(26)22-21(28)23(20(15)27)16-7-3-5-13-4-1-2-6-14(13)16;/h1-11,24-25H,(H,22,26,28);1H2/b15-10-;. The molecule has 0 atom stereocenters. The van der Waals surface area contributed by atoms with E-state index in [1.54, 1.807) is 24.3 Å². The second-order valence-corrected chi connectivity index (χ2v) is 6.20. The Balaban J connectivity index is 0.00000240. The summed E-state index contributed by atoms with van der Waals surface area (Å²) in [6.07, 6.45) is 1.25. The van der Waals surface area contributed by atoms with Crippen molar-refractivity contribution >= 4 is 40.4 Å². The van der Waals surface area contributed by atoms with Gasteiger partial charge in [-0.15, -0.1) is 0 Å². The van der Waals surface area contributed by atoms with Gasteiger partial charge in [-0.2, -0.15) is 0 Å². The van der Waals surface area contributed by atoms with Gasteiger partial charge in [0.15, 0.2) is 11.5 Å². The molecule has 1 aliphatic heterocycles. The van der Waals surface area contributed by atoms with E-state index in [0.29, 0.717) is 16.6 Å². The third kappa shape index (κ3) is 3.40. The molecule has 0 bridgehead atoms. The highest BCUT2D eigenvalue weighted by atomic mass is 16.3. The van der Waals surface area contributed by atoms with Crippen molar-refractivity contribution in [2.45, 2.75) is 0 Å². The monoisotopic (exact) mass is 392 g/mol. The SMILES string of the molecule is O.O=C1NC(=O)N(c2cccc3ccccc23)C(=O)/C1=C\c1ccc(O)c(O)c1. The van der Waals surface area contributed by atoms with Crippen molar-refractivity contribution in [1.82, 2.24) is 5.32 Å². The van der Waals surface area contributed by atoms with Gasteiger partial charge in [-0.1, -0.05) is 42.5 Å². The molecule has 5 N–H and O–H groups in total. The van der Waals surface area contributed by atoms with Crippen LogP contribution in [0.15, 0.2) is 66.2 Å². The van der Waals surface area contributed by atoms with Crippen molar-refractivity contribution in [3.8, 4) is 11.5 Å². The molecule has 3 aromatic carbocycles. The first-order chi connectivity index (χ1) is 13.5. The van der Waals surface area contributed by atoms with Crippen LogP contribution in [0.5, 0.6) is 11.5 Å². The van der Waals surface area contributed by atoms with Crippen LogP contribution < -0.4 is 10.2 Å². The Morgan fingerprint density at radius 2 is 1.59 bits per heavy atom. The Bertz CT molecular complexity index is 1180. The summed E-state index contributed by atoms with van der Waals surface area (Å²) in [5, 5.41) is 22.7. The number of aromatic hydroxyl groups is 2. The van der Waals surface area contributed by atoms with E-state index in [0.717, 1.165) is 10.3 Å². The molecule has 146 valence electrons. The lowest BCUT2D eigenvalue weighted by Gasteiger charge is -2.27. The number of nitrogens with zero attached hydrogens (tertiary/aromatic N) is 1. The Hall–Kier alpha value is -4.17. The van der Waals surface area contributed by atoms with Gasteiger partial charge in [0, 0.05) is 5.39 Å². The smallest absolute Gasteiger partial charge is 0.335 e. The molecule has 8 heteroatoms. The number of amides is 4. The number of benzene rings is 3. The van der Waals surface area contributed by atoms with Crippen LogP contribution in [0.1, 0.15) is 5.56 Å². The summed E-state index contributed by atoms with van der Waals surface area (Å²) in [5.41, 5.74) is 0.409. The summed E-state index contributed by atoms with van der Waals surface area (Å²) < 4.78 is 0. The van der Waals surface area contributed by atoms with Crippen LogP contribution in [0.4, 0.5) is 10.5 Å². The third-order valence-electron chi connectivity index (χ3n) is 4.42. The van der Waals surface area contributed by atoms with Gasteiger partial charge >= 0.3 is 6.03 Å². The lowest BCUT2D eigenvalue weighted by Crippen LogP contribution is -2.54. The van der Waals surface area contributed by atoms with Crippen LogP contribution in [-0.4, -0.2) is 33.5 Å². The van der Waals surface area contributed by atoms with E-state index in [1.165, 1.54) is 24.3 Å². The van der Waals surface area contributed by atoms with Gasteiger partial charge in [0.05, 0.1) is 5.69 Å². The molecular weight excluding hydrogens is 376 g/mol. The van der Waals surface area contributed by atoms with Gasteiger partial charge in [0.25, 0.3) is 11.8 Å².